The van der Waals surface area contributed by atoms with Crippen molar-refractivity contribution in [3.8, 4) is 5.75 Å². The summed E-state index contributed by atoms with van der Waals surface area (Å²) in [7, 11) is 0. The van der Waals surface area contributed by atoms with Gasteiger partial charge in [-0.2, -0.15) is 0 Å². The molecule has 0 aliphatic heterocycles. The molecule has 21 heavy (non-hydrogen) atoms. The Labute approximate surface area is 126 Å². The molecule has 2 aromatic carbocycles. The maximum Gasteiger partial charge on any atom is 0.264 e. The van der Waals surface area contributed by atoms with E-state index in [-0.39, 0.29) is 12.5 Å². The average Bonchev–Trinajstić information content (AvgIpc) is 2.50. The number of rotatable bonds is 5. The summed E-state index contributed by atoms with van der Waals surface area (Å²) in [5, 5.41) is 0. The fourth-order valence-corrected chi connectivity index (χ4v) is 2.21. The summed E-state index contributed by atoms with van der Waals surface area (Å²) in [5.41, 5.74) is 3.14. The summed E-state index contributed by atoms with van der Waals surface area (Å²) < 4.78 is 5.69. The largest absolute Gasteiger partial charge is 0.483 e. The molecule has 3 heteroatoms. The molecule has 3 nitrogen and oxygen atoms in total. The number of ether oxygens (including phenoxy) is 1. The van der Waals surface area contributed by atoms with Crippen molar-refractivity contribution in [1.82, 2.24) is 0 Å². The molecule has 1 amide bonds. The highest BCUT2D eigenvalue weighted by molar-refractivity contribution is 5.94. The van der Waals surface area contributed by atoms with E-state index in [0.717, 1.165) is 22.6 Å². The van der Waals surface area contributed by atoms with Gasteiger partial charge in [-0.05, 0) is 50.1 Å². The first kappa shape index (κ1) is 15.1. The van der Waals surface area contributed by atoms with Gasteiger partial charge < -0.3 is 9.64 Å². The van der Waals surface area contributed by atoms with Crippen LogP contribution in [0.15, 0.2) is 48.5 Å². The van der Waals surface area contributed by atoms with E-state index in [9.17, 15) is 4.79 Å². The van der Waals surface area contributed by atoms with Gasteiger partial charge in [-0.3, -0.25) is 4.79 Å². The van der Waals surface area contributed by atoms with Crippen LogP contribution in [0.2, 0.25) is 0 Å². The number of amides is 1. The number of anilines is 1. The van der Waals surface area contributed by atoms with Crippen LogP contribution in [0.25, 0.3) is 0 Å². The lowest BCUT2D eigenvalue weighted by atomic mass is 10.1. The summed E-state index contributed by atoms with van der Waals surface area (Å²) in [6.07, 6.45) is 0. The van der Waals surface area contributed by atoms with Crippen molar-refractivity contribution in [2.75, 3.05) is 18.1 Å². The second-order valence-electron chi connectivity index (χ2n) is 4.96. The average molecular weight is 283 g/mol. The molecule has 0 heterocycles. The van der Waals surface area contributed by atoms with Gasteiger partial charge in [0.05, 0.1) is 0 Å². The van der Waals surface area contributed by atoms with E-state index < -0.39 is 0 Å². The SMILES string of the molecule is CCN(C(=O)COc1cccc(C)c1C)c1ccccc1. The molecule has 0 atom stereocenters. The zero-order chi connectivity index (χ0) is 15.2. The fraction of sp³-hybridized carbons (Fsp3) is 0.278. The van der Waals surface area contributed by atoms with Crippen LogP contribution < -0.4 is 9.64 Å². The van der Waals surface area contributed by atoms with Gasteiger partial charge in [0.1, 0.15) is 5.75 Å². The van der Waals surface area contributed by atoms with Crippen LogP contribution in [-0.4, -0.2) is 19.1 Å². The van der Waals surface area contributed by atoms with Crippen molar-refractivity contribution in [2.24, 2.45) is 0 Å². The first-order valence-electron chi connectivity index (χ1n) is 7.18. The minimum absolute atomic E-state index is 0.0374. The van der Waals surface area contributed by atoms with Gasteiger partial charge in [0.2, 0.25) is 0 Å². The first-order valence-corrected chi connectivity index (χ1v) is 7.18. The number of aryl methyl sites for hydroxylation is 1. The highest BCUT2D eigenvalue weighted by Gasteiger charge is 2.14. The minimum Gasteiger partial charge on any atom is -0.483 e. The normalized spacial score (nSPS) is 10.2. The second-order valence-corrected chi connectivity index (χ2v) is 4.96. The zero-order valence-corrected chi connectivity index (χ0v) is 12.8. The number of nitrogens with zero attached hydrogens (tertiary/aromatic N) is 1. The van der Waals surface area contributed by atoms with Gasteiger partial charge in [0.25, 0.3) is 5.91 Å². The van der Waals surface area contributed by atoms with Gasteiger partial charge in [0, 0.05) is 12.2 Å². The molecule has 0 unspecified atom stereocenters. The Bertz CT molecular complexity index is 608. The smallest absolute Gasteiger partial charge is 0.264 e. The first-order chi connectivity index (χ1) is 10.1. The van der Waals surface area contributed by atoms with E-state index in [0.29, 0.717) is 6.54 Å². The number of para-hydroxylation sites is 1. The third-order valence-corrected chi connectivity index (χ3v) is 3.59. The Hall–Kier alpha value is -2.29. The minimum atomic E-state index is -0.0374. The van der Waals surface area contributed by atoms with Crippen LogP contribution in [-0.2, 0) is 4.79 Å². The molecule has 0 N–H and O–H groups in total. The van der Waals surface area contributed by atoms with Gasteiger partial charge in [-0.1, -0.05) is 30.3 Å². The van der Waals surface area contributed by atoms with E-state index in [1.165, 1.54) is 0 Å². The van der Waals surface area contributed by atoms with Crippen LogP contribution in [0.5, 0.6) is 5.75 Å². The lowest BCUT2D eigenvalue weighted by Crippen LogP contribution is -2.34. The Morgan fingerprint density at radius 3 is 2.43 bits per heavy atom. The zero-order valence-electron chi connectivity index (χ0n) is 12.8. The molecular formula is C18H21NO2. The summed E-state index contributed by atoms with van der Waals surface area (Å²) in [6, 6.07) is 15.5. The predicted molar refractivity (Wildman–Crippen MR) is 85.9 cm³/mol. The van der Waals surface area contributed by atoms with Crippen LogP contribution in [0, 0.1) is 13.8 Å². The molecule has 0 radical (unpaired) electrons. The number of carbonyl (C=O) groups excluding carboxylic acids is 1. The lowest BCUT2D eigenvalue weighted by Gasteiger charge is -2.21. The summed E-state index contributed by atoms with van der Waals surface area (Å²) >= 11 is 0. The van der Waals surface area contributed by atoms with E-state index in [2.05, 4.69) is 0 Å². The Morgan fingerprint density at radius 1 is 1.05 bits per heavy atom. The standard InChI is InChI=1S/C18H21NO2/c1-4-19(16-10-6-5-7-11-16)18(20)13-21-17-12-8-9-14(2)15(17)3/h5-12H,4,13H2,1-3H3. The number of hydrogen-bond acceptors (Lipinski definition) is 2. The molecule has 0 saturated carbocycles. The Kier molecular flexibility index (Phi) is 4.99. The molecule has 0 fully saturated rings. The van der Waals surface area contributed by atoms with Crippen molar-refractivity contribution in [1.29, 1.82) is 0 Å². The van der Waals surface area contributed by atoms with Crippen LogP contribution in [0.3, 0.4) is 0 Å². The van der Waals surface area contributed by atoms with E-state index in [1.54, 1.807) is 4.90 Å². The van der Waals surface area contributed by atoms with Crippen LogP contribution in [0.4, 0.5) is 5.69 Å². The van der Waals surface area contributed by atoms with Gasteiger partial charge in [-0.15, -0.1) is 0 Å². The van der Waals surface area contributed by atoms with Gasteiger partial charge >= 0.3 is 0 Å². The fourth-order valence-electron chi connectivity index (χ4n) is 2.21. The number of benzene rings is 2. The highest BCUT2D eigenvalue weighted by atomic mass is 16.5. The molecule has 0 spiro atoms. The lowest BCUT2D eigenvalue weighted by molar-refractivity contribution is -0.120. The quantitative estimate of drug-likeness (QED) is 0.836. The highest BCUT2D eigenvalue weighted by Crippen LogP contribution is 2.21. The summed E-state index contributed by atoms with van der Waals surface area (Å²) in [5.74, 6) is 0.733. The molecule has 2 rings (SSSR count). The Balaban J connectivity index is 2.05. The van der Waals surface area contributed by atoms with E-state index in [1.807, 2.05) is 69.3 Å². The molecule has 0 aliphatic carbocycles. The van der Waals surface area contributed by atoms with Crippen molar-refractivity contribution in [3.63, 3.8) is 0 Å². The molecule has 110 valence electrons. The molecule has 0 saturated heterocycles. The number of hydrogen-bond donors (Lipinski definition) is 0. The molecule has 0 aromatic heterocycles. The second kappa shape index (κ2) is 6.93. The monoisotopic (exact) mass is 283 g/mol. The summed E-state index contributed by atoms with van der Waals surface area (Å²) in [6.45, 7) is 6.67. The van der Waals surface area contributed by atoms with Crippen molar-refractivity contribution >= 4 is 11.6 Å². The molecule has 2 aromatic rings. The van der Waals surface area contributed by atoms with Gasteiger partial charge in [-0.25, -0.2) is 0 Å². The van der Waals surface area contributed by atoms with Crippen molar-refractivity contribution in [3.05, 3.63) is 59.7 Å². The van der Waals surface area contributed by atoms with Gasteiger partial charge in [0.15, 0.2) is 6.61 Å². The van der Waals surface area contributed by atoms with E-state index in [4.69, 9.17) is 4.74 Å². The third-order valence-electron chi connectivity index (χ3n) is 3.59. The molecule has 0 bridgehead atoms. The predicted octanol–water partition coefficient (Wildman–Crippen LogP) is 3.74. The van der Waals surface area contributed by atoms with E-state index >= 15 is 0 Å². The summed E-state index contributed by atoms with van der Waals surface area (Å²) in [4.78, 5) is 14.1. The Morgan fingerprint density at radius 2 is 1.76 bits per heavy atom. The van der Waals surface area contributed by atoms with Crippen molar-refractivity contribution < 1.29 is 9.53 Å². The molecular weight excluding hydrogens is 262 g/mol. The maximum absolute atomic E-state index is 12.3. The maximum atomic E-state index is 12.3. The topological polar surface area (TPSA) is 29.5 Å². The van der Waals surface area contributed by atoms with Crippen LogP contribution in [0.1, 0.15) is 18.1 Å². The van der Waals surface area contributed by atoms with Crippen LogP contribution >= 0.6 is 0 Å². The molecule has 0 aliphatic rings. The number of likely N-dealkylation sites (N-methyl/N-ethyl adjacent to an activating group) is 1. The number of carbonyl (C=O) groups is 1. The third kappa shape index (κ3) is 3.63. The van der Waals surface area contributed by atoms with Crippen molar-refractivity contribution in [2.45, 2.75) is 20.8 Å².